The maximum absolute atomic E-state index is 5.45. The molecular weight excluding hydrogens is 130 g/mol. The molecule has 0 atom stereocenters. The van der Waals surface area contributed by atoms with Gasteiger partial charge in [0, 0.05) is 12.0 Å². The molecule has 2 heterocycles. The summed E-state index contributed by atoms with van der Waals surface area (Å²) < 4.78 is 0. The molecule has 5 nitrogen and oxygen atoms in total. The first-order chi connectivity index (χ1) is 4.88. The molecular formula is C5H4N5-. The SMILES string of the molecule is Nc1ncnc2[nH][c-]nc12. The van der Waals surface area contributed by atoms with Gasteiger partial charge in [0.1, 0.15) is 6.33 Å². The van der Waals surface area contributed by atoms with Crippen molar-refractivity contribution in [2.45, 2.75) is 0 Å². The summed E-state index contributed by atoms with van der Waals surface area (Å²) in [6, 6.07) is 0. The Morgan fingerprint density at radius 1 is 1.50 bits per heavy atom. The number of H-pyrrole nitrogens is 1. The maximum Gasteiger partial charge on any atom is 0.104 e. The van der Waals surface area contributed by atoms with E-state index < -0.39 is 0 Å². The minimum Gasteiger partial charge on any atom is -0.446 e. The molecule has 2 aromatic heterocycles. The fraction of sp³-hybridized carbons (Fsp3) is 0. The number of nitrogens with one attached hydrogen (secondary N) is 1. The standard InChI is InChI=1S/C5H4N5/c6-4-3-5(9-1-7-3)10-2-8-4/h2H,(H3,6,7,8,9,10)/q-1. The summed E-state index contributed by atoms with van der Waals surface area (Å²) in [6.45, 7) is 0. The van der Waals surface area contributed by atoms with Gasteiger partial charge in [-0.3, -0.25) is 4.98 Å². The number of hydrogen-bond donors (Lipinski definition) is 2. The first-order valence-electron chi connectivity index (χ1n) is 2.70. The highest BCUT2D eigenvalue weighted by Crippen LogP contribution is 2.08. The number of hydrogen-bond acceptors (Lipinski definition) is 4. The Balaban J connectivity index is 2.95. The highest BCUT2D eigenvalue weighted by Gasteiger charge is 1.88. The molecule has 0 bridgehead atoms. The maximum atomic E-state index is 5.45. The summed E-state index contributed by atoms with van der Waals surface area (Å²) in [4.78, 5) is 14.1. The van der Waals surface area contributed by atoms with Gasteiger partial charge >= 0.3 is 0 Å². The first kappa shape index (κ1) is 5.16. The molecule has 0 aliphatic carbocycles. The molecule has 0 saturated carbocycles. The van der Waals surface area contributed by atoms with Crippen LogP contribution in [0.1, 0.15) is 0 Å². The number of aromatic nitrogens is 4. The molecule has 3 N–H and O–H groups in total. The van der Waals surface area contributed by atoms with Crippen LogP contribution in [0.3, 0.4) is 0 Å². The van der Waals surface area contributed by atoms with E-state index in [0.29, 0.717) is 17.0 Å². The van der Waals surface area contributed by atoms with Crippen LogP contribution < -0.4 is 5.73 Å². The Kier molecular flexibility index (Phi) is 0.858. The van der Waals surface area contributed by atoms with E-state index in [1.807, 2.05) is 0 Å². The topological polar surface area (TPSA) is 80.5 Å². The number of anilines is 1. The van der Waals surface area contributed by atoms with E-state index >= 15 is 0 Å². The van der Waals surface area contributed by atoms with Gasteiger partial charge in [0.25, 0.3) is 0 Å². The summed E-state index contributed by atoms with van der Waals surface area (Å²) in [5, 5.41) is 0. The van der Waals surface area contributed by atoms with Crippen LogP contribution in [0.5, 0.6) is 0 Å². The Hall–Kier alpha value is -1.65. The van der Waals surface area contributed by atoms with Gasteiger partial charge in [-0.1, -0.05) is 0 Å². The number of nitrogens with two attached hydrogens (primary N) is 1. The monoisotopic (exact) mass is 134 g/mol. The summed E-state index contributed by atoms with van der Waals surface area (Å²) >= 11 is 0. The van der Waals surface area contributed by atoms with Crippen LogP contribution in [-0.4, -0.2) is 19.9 Å². The summed E-state index contributed by atoms with van der Waals surface area (Å²) in [6.07, 6.45) is 3.90. The number of nitrogens with zero attached hydrogens (tertiary/aromatic N) is 3. The highest BCUT2D eigenvalue weighted by atomic mass is 15.0. The van der Waals surface area contributed by atoms with E-state index in [4.69, 9.17) is 5.73 Å². The Morgan fingerprint density at radius 3 is 3.20 bits per heavy atom. The van der Waals surface area contributed by atoms with E-state index in [9.17, 15) is 0 Å². The summed E-state index contributed by atoms with van der Waals surface area (Å²) in [7, 11) is 0. The number of fused-ring (bicyclic) bond motifs is 1. The van der Waals surface area contributed by atoms with Crippen LogP contribution in [0.25, 0.3) is 11.2 Å². The lowest BCUT2D eigenvalue weighted by Crippen LogP contribution is -1.91. The largest absolute Gasteiger partial charge is 0.446 e. The van der Waals surface area contributed by atoms with Crippen LogP contribution in [0, 0.1) is 6.33 Å². The molecule has 2 rings (SSSR count). The normalized spacial score (nSPS) is 10.4. The van der Waals surface area contributed by atoms with Gasteiger partial charge in [-0.25, -0.2) is 4.98 Å². The molecule has 10 heavy (non-hydrogen) atoms. The Bertz CT molecular complexity index is 352. The van der Waals surface area contributed by atoms with Gasteiger partial charge in [0.15, 0.2) is 0 Å². The van der Waals surface area contributed by atoms with E-state index in [0.717, 1.165) is 0 Å². The van der Waals surface area contributed by atoms with Gasteiger partial charge in [-0.05, 0) is 5.52 Å². The van der Waals surface area contributed by atoms with Crippen molar-refractivity contribution in [2.24, 2.45) is 0 Å². The van der Waals surface area contributed by atoms with E-state index in [2.05, 4.69) is 26.3 Å². The smallest absolute Gasteiger partial charge is 0.104 e. The van der Waals surface area contributed by atoms with E-state index in [-0.39, 0.29) is 0 Å². The van der Waals surface area contributed by atoms with Gasteiger partial charge < -0.3 is 15.7 Å². The molecule has 0 spiro atoms. The third kappa shape index (κ3) is 0.540. The number of imidazole rings is 1. The fourth-order valence-corrected chi connectivity index (χ4v) is 0.731. The highest BCUT2D eigenvalue weighted by molar-refractivity contribution is 5.80. The van der Waals surface area contributed by atoms with Crippen molar-refractivity contribution in [3.05, 3.63) is 12.7 Å². The molecule has 0 fully saturated rings. The van der Waals surface area contributed by atoms with Crippen molar-refractivity contribution >= 4 is 17.0 Å². The van der Waals surface area contributed by atoms with E-state index in [1.165, 1.54) is 6.33 Å². The molecule has 0 unspecified atom stereocenters. The molecule has 0 aromatic carbocycles. The summed E-state index contributed by atoms with van der Waals surface area (Å²) in [5.41, 5.74) is 6.64. The van der Waals surface area contributed by atoms with Gasteiger partial charge in [0.2, 0.25) is 0 Å². The van der Waals surface area contributed by atoms with Crippen LogP contribution in [0.2, 0.25) is 0 Å². The molecule has 50 valence electrons. The zero-order chi connectivity index (χ0) is 6.97. The Morgan fingerprint density at radius 2 is 2.40 bits per heavy atom. The average Bonchev–Trinajstić information content (AvgIpc) is 2.36. The second-order valence-corrected chi connectivity index (χ2v) is 1.80. The lowest BCUT2D eigenvalue weighted by Gasteiger charge is -1.97. The second-order valence-electron chi connectivity index (χ2n) is 1.80. The lowest BCUT2D eigenvalue weighted by atomic mass is 10.5. The van der Waals surface area contributed by atoms with Crippen molar-refractivity contribution in [1.82, 2.24) is 19.9 Å². The Labute approximate surface area is 56.3 Å². The molecule has 0 radical (unpaired) electrons. The zero-order valence-electron chi connectivity index (χ0n) is 5.00. The second kappa shape index (κ2) is 1.66. The molecule has 5 heteroatoms. The third-order valence-corrected chi connectivity index (χ3v) is 1.19. The number of nitrogen functional groups attached to an aromatic ring is 1. The minimum atomic E-state index is 0.377. The molecule has 0 amide bonds. The van der Waals surface area contributed by atoms with Crippen molar-refractivity contribution in [2.75, 3.05) is 5.73 Å². The van der Waals surface area contributed by atoms with E-state index in [1.54, 1.807) is 0 Å². The van der Waals surface area contributed by atoms with Crippen LogP contribution >= 0.6 is 0 Å². The van der Waals surface area contributed by atoms with Crippen molar-refractivity contribution < 1.29 is 0 Å². The fourth-order valence-electron chi connectivity index (χ4n) is 0.731. The quantitative estimate of drug-likeness (QED) is 0.486. The molecule has 0 aliphatic rings. The number of rotatable bonds is 0. The van der Waals surface area contributed by atoms with Crippen LogP contribution in [-0.2, 0) is 0 Å². The predicted octanol–water partition coefficient (Wildman–Crippen LogP) is -0.265. The predicted molar refractivity (Wildman–Crippen MR) is 34.9 cm³/mol. The lowest BCUT2D eigenvalue weighted by molar-refractivity contribution is 1.21. The van der Waals surface area contributed by atoms with Crippen molar-refractivity contribution in [1.29, 1.82) is 0 Å². The zero-order valence-corrected chi connectivity index (χ0v) is 5.00. The molecule has 0 saturated heterocycles. The van der Waals surface area contributed by atoms with Gasteiger partial charge in [-0.15, -0.1) is 0 Å². The third-order valence-electron chi connectivity index (χ3n) is 1.19. The van der Waals surface area contributed by atoms with Gasteiger partial charge in [-0.2, -0.15) is 0 Å². The minimum absolute atomic E-state index is 0.377. The molecule has 2 aromatic rings. The van der Waals surface area contributed by atoms with Crippen LogP contribution in [0.4, 0.5) is 5.82 Å². The number of aromatic amines is 1. The average molecular weight is 134 g/mol. The molecule has 0 aliphatic heterocycles. The first-order valence-corrected chi connectivity index (χ1v) is 2.70. The van der Waals surface area contributed by atoms with Crippen LogP contribution in [0.15, 0.2) is 6.33 Å². The van der Waals surface area contributed by atoms with Crippen molar-refractivity contribution in [3.63, 3.8) is 0 Å². The summed E-state index contributed by atoms with van der Waals surface area (Å²) in [5.74, 6) is 0.377. The van der Waals surface area contributed by atoms with Crippen molar-refractivity contribution in [3.8, 4) is 0 Å². The van der Waals surface area contributed by atoms with Gasteiger partial charge in [0.05, 0.1) is 5.82 Å².